The summed E-state index contributed by atoms with van der Waals surface area (Å²) >= 11 is 0. The molecule has 0 unspecified atom stereocenters. The maximum atomic E-state index is 3.81. The second-order valence-electron chi connectivity index (χ2n) is 7.17. The Balaban J connectivity index is 1.66. The molecule has 1 aliphatic carbocycles. The minimum atomic E-state index is 0.551. The van der Waals surface area contributed by atoms with E-state index >= 15 is 0 Å². The second kappa shape index (κ2) is 5.27. The predicted molar refractivity (Wildman–Crippen MR) is 74.2 cm³/mol. The van der Waals surface area contributed by atoms with Crippen molar-refractivity contribution in [2.45, 2.75) is 52.5 Å². The van der Waals surface area contributed by atoms with Crippen molar-refractivity contribution in [1.82, 2.24) is 10.2 Å². The van der Waals surface area contributed by atoms with Gasteiger partial charge < -0.3 is 10.2 Å². The zero-order valence-corrected chi connectivity index (χ0v) is 12.1. The van der Waals surface area contributed by atoms with E-state index in [0.717, 1.165) is 17.9 Å². The van der Waals surface area contributed by atoms with Crippen LogP contribution in [0.25, 0.3) is 0 Å². The van der Waals surface area contributed by atoms with Crippen molar-refractivity contribution < 1.29 is 0 Å². The van der Waals surface area contributed by atoms with E-state index in [1.807, 2.05) is 0 Å². The van der Waals surface area contributed by atoms with Crippen LogP contribution in [0.15, 0.2) is 0 Å². The van der Waals surface area contributed by atoms with Gasteiger partial charge in [-0.3, -0.25) is 0 Å². The normalized spacial score (nSPS) is 33.7. The molecule has 0 atom stereocenters. The van der Waals surface area contributed by atoms with Gasteiger partial charge in [-0.2, -0.15) is 0 Å². The molecule has 2 heteroatoms. The second-order valence-corrected chi connectivity index (χ2v) is 7.17. The van der Waals surface area contributed by atoms with E-state index in [4.69, 9.17) is 0 Å². The Bertz CT molecular complexity index is 235. The lowest BCUT2D eigenvalue weighted by Gasteiger charge is -2.43. The monoisotopic (exact) mass is 238 g/mol. The van der Waals surface area contributed by atoms with E-state index in [1.54, 1.807) is 0 Å². The van der Waals surface area contributed by atoms with Gasteiger partial charge >= 0.3 is 0 Å². The molecule has 17 heavy (non-hydrogen) atoms. The molecular weight excluding hydrogens is 208 g/mol. The van der Waals surface area contributed by atoms with Crippen molar-refractivity contribution in [3.05, 3.63) is 0 Å². The van der Waals surface area contributed by atoms with Gasteiger partial charge in [0.2, 0.25) is 0 Å². The minimum Gasteiger partial charge on any atom is -0.313 e. The fourth-order valence-corrected chi connectivity index (χ4v) is 3.10. The van der Waals surface area contributed by atoms with Crippen LogP contribution in [0.4, 0.5) is 0 Å². The van der Waals surface area contributed by atoms with Crippen molar-refractivity contribution >= 4 is 0 Å². The molecule has 1 saturated carbocycles. The summed E-state index contributed by atoms with van der Waals surface area (Å²) in [5.74, 6) is 1.87. The summed E-state index contributed by atoms with van der Waals surface area (Å²) in [4.78, 5) is 2.46. The molecule has 0 aromatic rings. The molecule has 0 spiro atoms. The van der Waals surface area contributed by atoms with Gasteiger partial charge in [-0.25, -0.2) is 0 Å². The van der Waals surface area contributed by atoms with Crippen LogP contribution in [0.1, 0.15) is 46.5 Å². The first kappa shape index (κ1) is 13.4. The van der Waals surface area contributed by atoms with Crippen LogP contribution in [-0.4, -0.2) is 37.6 Å². The van der Waals surface area contributed by atoms with E-state index in [1.165, 1.54) is 45.3 Å². The highest BCUT2D eigenvalue weighted by molar-refractivity contribution is 4.90. The summed E-state index contributed by atoms with van der Waals surface area (Å²) in [6.45, 7) is 11.0. The number of nitrogens with zero attached hydrogens (tertiary/aromatic N) is 1. The number of piperidine rings is 1. The molecular formula is C15H30N2. The first-order chi connectivity index (χ1) is 7.98. The lowest BCUT2D eigenvalue weighted by atomic mass is 9.73. The van der Waals surface area contributed by atoms with Gasteiger partial charge in [0, 0.05) is 12.6 Å². The summed E-state index contributed by atoms with van der Waals surface area (Å²) in [6, 6.07) is 0.818. The van der Waals surface area contributed by atoms with Gasteiger partial charge in [-0.1, -0.05) is 20.8 Å². The van der Waals surface area contributed by atoms with Crippen molar-refractivity contribution in [2.75, 3.05) is 26.7 Å². The third kappa shape index (κ3) is 3.45. The molecule has 1 saturated heterocycles. The molecule has 1 aliphatic heterocycles. The Kier molecular flexibility index (Phi) is 4.14. The van der Waals surface area contributed by atoms with Crippen molar-refractivity contribution in [1.29, 1.82) is 0 Å². The van der Waals surface area contributed by atoms with Gasteiger partial charge in [-0.15, -0.1) is 0 Å². The van der Waals surface area contributed by atoms with Crippen LogP contribution in [0, 0.1) is 17.3 Å². The van der Waals surface area contributed by atoms with Gasteiger partial charge in [0.1, 0.15) is 0 Å². The number of hydrogen-bond acceptors (Lipinski definition) is 2. The summed E-state index contributed by atoms with van der Waals surface area (Å²) in [6.07, 6.45) is 5.54. The third-order valence-corrected chi connectivity index (χ3v) is 5.13. The SMILES string of the molecule is CC(C)C1CC(NCC2(C)CCN(C)CC2)C1. The van der Waals surface area contributed by atoms with E-state index in [0.29, 0.717) is 5.41 Å². The minimum absolute atomic E-state index is 0.551. The molecule has 0 aromatic carbocycles. The highest BCUT2D eigenvalue weighted by Crippen LogP contribution is 2.35. The molecule has 100 valence electrons. The zero-order chi connectivity index (χ0) is 12.5. The largest absolute Gasteiger partial charge is 0.313 e. The van der Waals surface area contributed by atoms with Crippen LogP contribution in [0.2, 0.25) is 0 Å². The number of likely N-dealkylation sites (tertiary alicyclic amines) is 1. The van der Waals surface area contributed by atoms with Crippen LogP contribution in [0.5, 0.6) is 0 Å². The van der Waals surface area contributed by atoms with E-state index in [2.05, 4.69) is 38.0 Å². The Hall–Kier alpha value is -0.0800. The van der Waals surface area contributed by atoms with Crippen LogP contribution < -0.4 is 5.32 Å². The predicted octanol–water partition coefficient (Wildman–Crippen LogP) is 2.74. The molecule has 2 aliphatic rings. The van der Waals surface area contributed by atoms with Gasteiger partial charge in [0.05, 0.1) is 0 Å². The highest BCUT2D eigenvalue weighted by atomic mass is 15.1. The topological polar surface area (TPSA) is 15.3 Å². The number of nitrogens with one attached hydrogen (secondary N) is 1. The fourth-order valence-electron chi connectivity index (χ4n) is 3.10. The first-order valence-electron chi connectivity index (χ1n) is 7.40. The van der Waals surface area contributed by atoms with Crippen LogP contribution in [0.3, 0.4) is 0 Å². The molecule has 0 radical (unpaired) electrons. The Morgan fingerprint density at radius 1 is 1.24 bits per heavy atom. The van der Waals surface area contributed by atoms with Crippen molar-refractivity contribution in [2.24, 2.45) is 17.3 Å². The first-order valence-corrected chi connectivity index (χ1v) is 7.40. The molecule has 2 fully saturated rings. The van der Waals surface area contributed by atoms with Crippen molar-refractivity contribution in [3.63, 3.8) is 0 Å². The average Bonchev–Trinajstić information content (AvgIpc) is 2.20. The summed E-state index contributed by atoms with van der Waals surface area (Å²) < 4.78 is 0. The Morgan fingerprint density at radius 3 is 2.35 bits per heavy atom. The van der Waals surface area contributed by atoms with Gasteiger partial charge in [0.25, 0.3) is 0 Å². The highest BCUT2D eigenvalue weighted by Gasteiger charge is 2.34. The van der Waals surface area contributed by atoms with Gasteiger partial charge in [0.15, 0.2) is 0 Å². The number of rotatable bonds is 4. The molecule has 0 amide bonds. The number of hydrogen-bond donors (Lipinski definition) is 1. The lowest BCUT2D eigenvalue weighted by Crippen LogP contribution is -2.49. The molecule has 1 N–H and O–H groups in total. The lowest BCUT2D eigenvalue weighted by molar-refractivity contribution is 0.109. The fraction of sp³-hybridized carbons (Fsp3) is 1.00. The van der Waals surface area contributed by atoms with E-state index < -0.39 is 0 Å². The van der Waals surface area contributed by atoms with Crippen molar-refractivity contribution in [3.8, 4) is 0 Å². The standard InChI is InChI=1S/C15H30N2/c1-12(2)13-9-14(10-13)16-11-15(3)5-7-17(4)8-6-15/h12-14,16H,5-11H2,1-4H3. The van der Waals surface area contributed by atoms with Crippen LogP contribution >= 0.6 is 0 Å². The summed E-state index contributed by atoms with van der Waals surface area (Å²) in [5.41, 5.74) is 0.551. The molecule has 0 aromatic heterocycles. The maximum absolute atomic E-state index is 3.81. The zero-order valence-electron chi connectivity index (χ0n) is 12.1. The maximum Gasteiger partial charge on any atom is 0.00727 e. The molecule has 2 rings (SSSR count). The Labute approximate surface area is 107 Å². The van der Waals surface area contributed by atoms with E-state index in [9.17, 15) is 0 Å². The third-order valence-electron chi connectivity index (χ3n) is 5.13. The molecule has 0 bridgehead atoms. The quantitative estimate of drug-likeness (QED) is 0.810. The van der Waals surface area contributed by atoms with Crippen LogP contribution in [-0.2, 0) is 0 Å². The molecule has 2 nitrogen and oxygen atoms in total. The Morgan fingerprint density at radius 2 is 1.82 bits per heavy atom. The average molecular weight is 238 g/mol. The smallest absolute Gasteiger partial charge is 0.00727 e. The summed E-state index contributed by atoms with van der Waals surface area (Å²) in [5, 5.41) is 3.81. The van der Waals surface area contributed by atoms with E-state index in [-0.39, 0.29) is 0 Å². The summed E-state index contributed by atoms with van der Waals surface area (Å²) in [7, 11) is 2.24. The van der Waals surface area contributed by atoms with Gasteiger partial charge in [-0.05, 0) is 63.1 Å². The molecule has 1 heterocycles.